The number of ether oxygens (including phenoxy) is 2. The van der Waals surface area contributed by atoms with Crippen molar-refractivity contribution in [2.75, 3.05) is 6.61 Å². The summed E-state index contributed by atoms with van der Waals surface area (Å²) in [5.74, 6) is -1.17. The first kappa shape index (κ1) is 28.0. The molecule has 1 aromatic rings. The van der Waals surface area contributed by atoms with Crippen molar-refractivity contribution in [2.24, 2.45) is 0 Å². The maximum Gasteiger partial charge on any atom is 0.483 e. The van der Waals surface area contributed by atoms with Crippen LogP contribution in [0.5, 0.6) is 0 Å². The van der Waals surface area contributed by atoms with E-state index >= 15 is 0 Å². The second-order valence-electron chi connectivity index (χ2n) is 7.83. The molecule has 9 unspecified atom stereocenters. The number of aromatic nitrogens is 2. The summed E-state index contributed by atoms with van der Waals surface area (Å²) in [4.78, 5) is 56.8. The number of phosphoric ester groups is 2. The van der Waals surface area contributed by atoms with E-state index in [-0.39, 0.29) is 12.0 Å². The third-order valence-electron chi connectivity index (χ3n) is 5.14. The molecule has 3 rings (SSSR count). The topological polar surface area (TPSA) is 253 Å². The number of rotatable bonds is 8. The molecule has 0 amide bonds. The van der Waals surface area contributed by atoms with Crippen LogP contribution in [0.2, 0.25) is 0 Å². The molecule has 3 heterocycles. The van der Waals surface area contributed by atoms with Crippen LogP contribution in [-0.4, -0.2) is 83.9 Å². The van der Waals surface area contributed by atoms with Crippen LogP contribution >= 0.6 is 15.6 Å². The number of hydrogen-bond acceptors (Lipinski definition) is 13. The summed E-state index contributed by atoms with van der Waals surface area (Å²) in [6, 6.07) is 0. The van der Waals surface area contributed by atoms with E-state index in [1.165, 1.54) is 20.0 Å². The lowest BCUT2D eigenvalue weighted by molar-refractivity contribution is -0.223. The summed E-state index contributed by atoms with van der Waals surface area (Å²) >= 11 is 0. The van der Waals surface area contributed by atoms with E-state index in [4.69, 9.17) is 9.47 Å². The number of carbonyl (C=O) groups is 1. The van der Waals surface area contributed by atoms with Gasteiger partial charge >= 0.3 is 21.3 Å². The lowest BCUT2D eigenvalue weighted by Gasteiger charge is -2.34. The van der Waals surface area contributed by atoms with Crippen LogP contribution in [0.3, 0.4) is 0 Å². The van der Waals surface area contributed by atoms with E-state index in [0.29, 0.717) is 0 Å². The summed E-state index contributed by atoms with van der Waals surface area (Å²) in [6.45, 7) is 1.80. The smallest absolute Gasteiger partial charge is 0.390 e. The number of Topliss-reactive ketones (excluding diaryl/α,β-unsaturated/α-hetero) is 1. The van der Waals surface area contributed by atoms with Crippen LogP contribution in [0.1, 0.15) is 25.1 Å². The highest BCUT2D eigenvalue weighted by atomic mass is 31.3. The van der Waals surface area contributed by atoms with Gasteiger partial charge in [-0.05, 0) is 13.8 Å². The van der Waals surface area contributed by atoms with Crippen molar-refractivity contribution in [3.05, 3.63) is 32.6 Å². The van der Waals surface area contributed by atoms with E-state index in [1.807, 2.05) is 0 Å². The molecular weight excluding hydrogens is 522 g/mol. The molecule has 2 saturated heterocycles. The fourth-order valence-corrected chi connectivity index (χ4v) is 5.44. The van der Waals surface area contributed by atoms with Crippen LogP contribution < -0.4 is 11.2 Å². The lowest BCUT2D eigenvalue weighted by Crippen LogP contribution is -2.54. The van der Waals surface area contributed by atoms with Gasteiger partial charge in [-0.25, -0.2) is 13.9 Å². The Hall–Kier alpha value is -1.59. The Bertz CT molecular complexity index is 1170. The Morgan fingerprint density at radius 1 is 1.11 bits per heavy atom. The van der Waals surface area contributed by atoms with Crippen LogP contribution in [-0.2, 0) is 36.8 Å². The molecular formula is C16H24N2O15P2. The van der Waals surface area contributed by atoms with Crippen molar-refractivity contribution in [2.45, 2.75) is 63.3 Å². The van der Waals surface area contributed by atoms with Crippen molar-refractivity contribution in [3.63, 3.8) is 0 Å². The predicted molar refractivity (Wildman–Crippen MR) is 110 cm³/mol. The number of phosphoric acid groups is 2. The molecule has 0 spiro atoms. The maximum atomic E-state index is 12.1. The van der Waals surface area contributed by atoms with Gasteiger partial charge in [0, 0.05) is 18.2 Å². The average molecular weight is 546 g/mol. The summed E-state index contributed by atoms with van der Waals surface area (Å²) < 4.78 is 48.7. The number of aliphatic hydroxyl groups excluding tert-OH is 3. The van der Waals surface area contributed by atoms with Crippen LogP contribution in [0.25, 0.3) is 0 Å². The van der Waals surface area contributed by atoms with Crippen molar-refractivity contribution in [3.8, 4) is 0 Å². The minimum atomic E-state index is -5.49. The highest BCUT2D eigenvalue weighted by Crippen LogP contribution is 2.61. The fourth-order valence-electron chi connectivity index (χ4n) is 3.29. The Balaban J connectivity index is 1.59. The molecule has 9 atom stereocenters. The van der Waals surface area contributed by atoms with Gasteiger partial charge in [-0.15, -0.1) is 0 Å². The van der Waals surface area contributed by atoms with Crippen molar-refractivity contribution in [1.82, 2.24) is 9.55 Å². The van der Waals surface area contributed by atoms with E-state index < -0.39 is 82.3 Å². The molecule has 198 valence electrons. The second kappa shape index (κ2) is 10.4. The van der Waals surface area contributed by atoms with Gasteiger partial charge in [0.2, 0.25) is 6.29 Å². The number of nitrogens with zero attached hydrogens (tertiary/aromatic N) is 1. The van der Waals surface area contributed by atoms with E-state index in [2.05, 4.69) is 18.3 Å². The molecule has 2 fully saturated rings. The van der Waals surface area contributed by atoms with Crippen LogP contribution in [0, 0.1) is 6.92 Å². The molecule has 0 aliphatic carbocycles. The van der Waals surface area contributed by atoms with Crippen LogP contribution in [0.4, 0.5) is 0 Å². The van der Waals surface area contributed by atoms with Crippen LogP contribution in [0.15, 0.2) is 15.8 Å². The number of carbonyl (C=O) groups excluding carboxylic acids is 1. The van der Waals surface area contributed by atoms with E-state index in [1.54, 1.807) is 0 Å². The Morgan fingerprint density at radius 3 is 2.43 bits per heavy atom. The van der Waals surface area contributed by atoms with Crippen molar-refractivity contribution in [1.29, 1.82) is 0 Å². The zero-order valence-corrected chi connectivity index (χ0v) is 20.0. The van der Waals surface area contributed by atoms with Gasteiger partial charge in [0.05, 0.1) is 18.8 Å². The number of aliphatic hydroxyl groups is 3. The zero-order chi connectivity index (χ0) is 26.3. The van der Waals surface area contributed by atoms with E-state index in [9.17, 15) is 48.6 Å². The number of nitrogens with one attached hydrogen (secondary N) is 1. The molecule has 0 radical (unpaired) electrons. The third kappa shape index (κ3) is 6.60. The predicted octanol–water partition coefficient (Wildman–Crippen LogP) is -2.22. The molecule has 17 nitrogen and oxygen atoms in total. The quantitative estimate of drug-likeness (QED) is 0.189. The van der Waals surface area contributed by atoms with Gasteiger partial charge in [-0.2, -0.15) is 4.31 Å². The molecule has 35 heavy (non-hydrogen) atoms. The molecule has 0 bridgehead atoms. The van der Waals surface area contributed by atoms with E-state index in [0.717, 1.165) is 4.57 Å². The number of aromatic amines is 1. The monoisotopic (exact) mass is 546 g/mol. The Kier molecular flexibility index (Phi) is 8.33. The summed E-state index contributed by atoms with van der Waals surface area (Å²) in [5, 5.41) is 29.4. The lowest BCUT2D eigenvalue weighted by atomic mass is 10.0. The Morgan fingerprint density at radius 2 is 1.77 bits per heavy atom. The molecule has 2 aliphatic rings. The number of H-pyrrole nitrogens is 1. The minimum Gasteiger partial charge on any atom is -0.390 e. The first-order chi connectivity index (χ1) is 16.1. The van der Waals surface area contributed by atoms with Gasteiger partial charge in [0.1, 0.15) is 18.4 Å². The number of hydrogen-bond donors (Lipinski definition) is 6. The van der Waals surface area contributed by atoms with Gasteiger partial charge < -0.3 is 34.6 Å². The first-order valence-electron chi connectivity index (χ1n) is 10.0. The van der Waals surface area contributed by atoms with Crippen molar-refractivity contribution >= 4 is 21.4 Å². The minimum absolute atomic E-state index is 0.160. The second-order valence-corrected chi connectivity index (χ2v) is 10.8. The summed E-state index contributed by atoms with van der Waals surface area (Å²) in [5.41, 5.74) is -1.24. The van der Waals surface area contributed by atoms with Gasteiger partial charge in [0.25, 0.3) is 5.56 Å². The summed E-state index contributed by atoms with van der Waals surface area (Å²) in [7, 11) is -10.8. The third-order valence-corrected chi connectivity index (χ3v) is 7.74. The number of aryl methyl sites for hydroxylation is 1. The molecule has 0 saturated carbocycles. The van der Waals surface area contributed by atoms with Gasteiger partial charge in [-0.3, -0.25) is 28.2 Å². The molecule has 0 aromatic carbocycles. The normalized spacial score (nSPS) is 34.9. The highest BCUT2D eigenvalue weighted by molar-refractivity contribution is 7.61. The molecule has 1 aromatic heterocycles. The van der Waals surface area contributed by atoms with Gasteiger partial charge in [-0.1, -0.05) is 0 Å². The largest absolute Gasteiger partial charge is 0.483 e. The maximum absolute atomic E-state index is 12.1. The molecule has 2 aliphatic heterocycles. The van der Waals surface area contributed by atoms with Crippen molar-refractivity contribution < 1.29 is 61.9 Å². The SMILES string of the molecule is Cc1cn(C2CC(O)C(COP(=O)(O)OP(=O)(O)OC3OC(C)C(O)C(=O)C3O)O2)c(=O)[nH]c1=O. The highest BCUT2D eigenvalue weighted by Gasteiger charge is 2.47. The Labute approximate surface area is 196 Å². The average Bonchev–Trinajstić information content (AvgIpc) is 3.11. The number of ketones is 1. The standard InChI is InChI=1S/C16H24N2O15P2/c1-6-4-18(16(24)17-14(6)23)10-3-8(19)9(31-10)5-29-34(25,26)33-35(27,28)32-15-13(22)12(21)11(20)7(2)30-15/h4,7-11,13,15,19-20,22H,3,5H2,1-2H3,(H,25,26)(H,27,28)(H,17,23,24). The first-order valence-corrected chi connectivity index (χ1v) is 13.0. The molecule has 19 heteroatoms. The fraction of sp³-hybridized carbons (Fsp3) is 0.688. The van der Waals surface area contributed by atoms with Gasteiger partial charge in [0.15, 0.2) is 11.9 Å². The molecule has 6 N–H and O–H groups in total. The zero-order valence-electron chi connectivity index (χ0n) is 18.2. The summed E-state index contributed by atoms with van der Waals surface area (Å²) in [6.07, 6.45) is -9.87.